The van der Waals surface area contributed by atoms with Crippen molar-refractivity contribution >= 4 is 45.4 Å². The van der Waals surface area contributed by atoms with Crippen LogP contribution in [-0.4, -0.2) is 21.0 Å². The summed E-state index contributed by atoms with van der Waals surface area (Å²) >= 11 is 7.02. The van der Waals surface area contributed by atoms with Gasteiger partial charge in [0.25, 0.3) is 5.24 Å². The molecule has 1 aromatic heterocycles. The SMILES string of the molecule is O=C1NC(=O)C(Cc2cccc3c2ccn3Cc2ccc(Cl)cc2)S1. The van der Waals surface area contributed by atoms with Crippen molar-refractivity contribution in [3.63, 3.8) is 0 Å². The maximum atomic E-state index is 11.8. The van der Waals surface area contributed by atoms with Crippen LogP contribution in [0.3, 0.4) is 0 Å². The van der Waals surface area contributed by atoms with Gasteiger partial charge < -0.3 is 4.57 Å². The fourth-order valence-corrected chi connectivity index (χ4v) is 4.09. The van der Waals surface area contributed by atoms with Gasteiger partial charge in [-0.3, -0.25) is 14.9 Å². The van der Waals surface area contributed by atoms with E-state index < -0.39 is 0 Å². The zero-order chi connectivity index (χ0) is 17.4. The number of nitrogens with zero attached hydrogens (tertiary/aromatic N) is 1. The van der Waals surface area contributed by atoms with Gasteiger partial charge in [0.2, 0.25) is 5.91 Å². The number of thioether (sulfide) groups is 1. The zero-order valence-electron chi connectivity index (χ0n) is 13.2. The highest BCUT2D eigenvalue weighted by Crippen LogP contribution is 2.28. The van der Waals surface area contributed by atoms with E-state index in [2.05, 4.69) is 28.2 Å². The van der Waals surface area contributed by atoms with Crippen LogP contribution in [0.1, 0.15) is 11.1 Å². The minimum absolute atomic E-state index is 0.201. The first-order valence-electron chi connectivity index (χ1n) is 7.93. The summed E-state index contributed by atoms with van der Waals surface area (Å²) in [5, 5.41) is 3.58. The van der Waals surface area contributed by atoms with Crippen molar-refractivity contribution in [2.45, 2.75) is 18.2 Å². The van der Waals surface area contributed by atoms with Crippen molar-refractivity contribution in [1.29, 1.82) is 0 Å². The second-order valence-corrected chi connectivity index (χ2v) is 7.62. The van der Waals surface area contributed by atoms with Crippen LogP contribution in [0.4, 0.5) is 4.79 Å². The summed E-state index contributed by atoms with van der Waals surface area (Å²) in [5.41, 5.74) is 3.36. The van der Waals surface area contributed by atoms with Crippen LogP contribution in [0.15, 0.2) is 54.7 Å². The van der Waals surface area contributed by atoms with Crippen molar-refractivity contribution in [2.24, 2.45) is 0 Å². The van der Waals surface area contributed by atoms with E-state index in [-0.39, 0.29) is 16.4 Å². The maximum Gasteiger partial charge on any atom is 0.286 e. The van der Waals surface area contributed by atoms with E-state index in [1.165, 1.54) is 5.56 Å². The third-order valence-electron chi connectivity index (χ3n) is 4.34. The molecule has 0 saturated carbocycles. The molecule has 3 aromatic rings. The second-order valence-electron chi connectivity index (χ2n) is 6.01. The molecule has 0 aliphatic carbocycles. The Kier molecular flexibility index (Phi) is 4.27. The lowest BCUT2D eigenvalue weighted by atomic mass is 10.0. The Morgan fingerprint density at radius 1 is 1.08 bits per heavy atom. The van der Waals surface area contributed by atoms with Crippen LogP contribution in [0, 0.1) is 0 Å². The average Bonchev–Trinajstić information content (AvgIpc) is 3.14. The molecule has 25 heavy (non-hydrogen) atoms. The summed E-state index contributed by atoms with van der Waals surface area (Å²) in [4.78, 5) is 23.2. The van der Waals surface area contributed by atoms with Gasteiger partial charge in [0.05, 0.1) is 5.25 Å². The van der Waals surface area contributed by atoms with Gasteiger partial charge in [-0.15, -0.1) is 0 Å². The third kappa shape index (κ3) is 3.30. The molecular weight excluding hydrogens is 356 g/mol. The Hall–Kier alpha value is -2.24. The highest BCUT2D eigenvalue weighted by Gasteiger charge is 2.31. The van der Waals surface area contributed by atoms with Gasteiger partial charge in [-0.1, -0.05) is 47.6 Å². The molecule has 2 aromatic carbocycles. The third-order valence-corrected chi connectivity index (χ3v) is 5.58. The molecular formula is C19H15ClN2O2S. The van der Waals surface area contributed by atoms with Crippen LogP contribution in [-0.2, 0) is 17.8 Å². The van der Waals surface area contributed by atoms with Crippen LogP contribution in [0.2, 0.25) is 5.02 Å². The lowest BCUT2D eigenvalue weighted by Crippen LogP contribution is -2.25. The molecule has 6 heteroatoms. The normalized spacial score (nSPS) is 17.2. The topological polar surface area (TPSA) is 51.1 Å². The first-order chi connectivity index (χ1) is 12.1. The summed E-state index contributed by atoms with van der Waals surface area (Å²) < 4.78 is 2.18. The maximum absolute atomic E-state index is 11.8. The number of aromatic nitrogens is 1. The Morgan fingerprint density at radius 3 is 2.60 bits per heavy atom. The smallest absolute Gasteiger partial charge is 0.286 e. The standard InChI is InChI=1S/C19H15ClN2O2S/c20-14-6-4-12(5-7-14)11-22-9-8-15-13(2-1-3-16(15)22)10-17-18(23)21-19(24)25-17/h1-9,17H,10-11H2,(H,21,23,24). The van der Waals surface area contributed by atoms with Crippen molar-refractivity contribution in [3.8, 4) is 0 Å². The van der Waals surface area contributed by atoms with Gasteiger partial charge in [-0.25, -0.2) is 0 Å². The molecule has 126 valence electrons. The molecule has 0 radical (unpaired) electrons. The average molecular weight is 371 g/mol. The Balaban J connectivity index is 1.62. The van der Waals surface area contributed by atoms with E-state index in [9.17, 15) is 9.59 Å². The van der Waals surface area contributed by atoms with E-state index in [0.29, 0.717) is 6.42 Å². The number of benzene rings is 2. The van der Waals surface area contributed by atoms with Gasteiger partial charge >= 0.3 is 0 Å². The molecule has 1 unspecified atom stereocenters. The number of rotatable bonds is 4. The van der Waals surface area contributed by atoms with Crippen molar-refractivity contribution in [1.82, 2.24) is 9.88 Å². The molecule has 2 heterocycles. The predicted octanol–water partition coefficient (Wildman–Crippen LogP) is 4.24. The number of carbonyl (C=O) groups excluding carboxylic acids is 2. The summed E-state index contributed by atoms with van der Waals surface area (Å²) in [6.07, 6.45) is 2.60. The van der Waals surface area contributed by atoms with Gasteiger partial charge in [-0.05, 0) is 41.8 Å². The number of nitrogens with one attached hydrogen (secondary N) is 1. The summed E-state index contributed by atoms with van der Waals surface area (Å²) in [7, 11) is 0. The molecule has 1 aliphatic heterocycles. The lowest BCUT2D eigenvalue weighted by molar-refractivity contribution is -0.118. The van der Waals surface area contributed by atoms with Crippen molar-refractivity contribution < 1.29 is 9.59 Å². The summed E-state index contributed by atoms with van der Waals surface area (Å²) in [6, 6.07) is 16.0. The van der Waals surface area contributed by atoms with Crippen LogP contribution < -0.4 is 5.32 Å². The minimum Gasteiger partial charge on any atom is -0.343 e. The molecule has 4 nitrogen and oxygen atoms in total. The van der Waals surface area contributed by atoms with Crippen LogP contribution >= 0.6 is 23.4 Å². The second kappa shape index (κ2) is 6.58. The molecule has 1 aliphatic rings. The number of halogens is 1. The van der Waals surface area contributed by atoms with Crippen molar-refractivity contribution in [2.75, 3.05) is 0 Å². The Labute approximate surface area is 154 Å². The zero-order valence-corrected chi connectivity index (χ0v) is 14.8. The van der Waals surface area contributed by atoms with Crippen molar-refractivity contribution in [3.05, 3.63) is 70.9 Å². The quantitative estimate of drug-likeness (QED) is 0.747. The van der Waals surface area contributed by atoms with Crippen LogP contribution in [0.5, 0.6) is 0 Å². The molecule has 1 atom stereocenters. The number of fused-ring (bicyclic) bond motifs is 1. The monoisotopic (exact) mass is 370 g/mol. The molecule has 1 saturated heterocycles. The molecule has 1 fully saturated rings. The first-order valence-corrected chi connectivity index (χ1v) is 9.18. The summed E-state index contributed by atoms with van der Waals surface area (Å²) in [5.74, 6) is -0.201. The van der Waals surface area contributed by atoms with E-state index in [4.69, 9.17) is 11.6 Å². The van der Waals surface area contributed by atoms with E-state index >= 15 is 0 Å². The number of hydrogen-bond acceptors (Lipinski definition) is 3. The Bertz CT molecular complexity index is 965. The number of imide groups is 1. The highest BCUT2D eigenvalue weighted by molar-refractivity contribution is 8.15. The van der Waals surface area contributed by atoms with E-state index in [0.717, 1.165) is 39.8 Å². The number of amides is 2. The molecule has 4 rings (SSSR count). The fourth-order valence-electron chi connectivity index (χ4n) is 3.12. The van der Waals surface area contributed by atoms with Gasteiger partial charge in [-0.2, -0.15) is 0 Å². The largest absolute Gasteiger partial charge is 0.343 e. The minimum atomic E-state index is -0.349. The molecule has 1 N–H and O–H groups in total. The van der Waals surface area contributed by atoms with Gasteiger partial charge in [0.1, 0.15) is 0 Å². The molecule has 2 amide bonds. The van der Waals surface area contributed by atoms with E-state index in [1.807, 2.05) is 36.4 Å². The fraction of sp³-hybridized carbons (Fsp3) is 0.158. The van der Waals surface area contributed by atoms with Gasteiger partial charge in [0.15, 0.2) is 0 Å². The predicted molar refractivity (Wildman–Crippen MR) is 101 cm³/mol. The van der Waals surface area contributed by atoms with Gasteiger partial charge in [0, 0.05) is 28.7 Å². The number of carbonyl (C=O) groups is 2. The Morgan fingerprint density at radius 2 is 1.88 bits per heavy atom. The molecule has 0 bridgehead atoms. The highest BCUT2D eigenvalue weighted by atomic mass is 35.5. The summed E-state index contributed by atoms with van der Waals surface area (Å²) in [6.45, 7) is 0.751. The lowest BCUT2D eigenvalue weighted by Gasteiger charge is -2.09. The molecule has 0 spiro atoms. The van der Waals surface area contributed by atoms with Crippen LogP contribution in [0.25, 0.3) is 10.9 Å². The first kappa shape index (κ1) is 16.2. The number of hydrogen-bond donors (Lipinski definition) is 1. The van der Waals surface area contributed by atoms with E-state index in [1.54, 1.807) is 0 Å².